The molecule has 6 heteroatoms. The van der Waals surface area contributed by atoms with Gasteiger partial charge < -0.3 is 14.7 Å². The number of carbonyl (C=O) groups excluding carboxylic acids is 3. The van der Waals surface area contributed by atoms with Crippen LogP contribution in [0.4, 0.5) is 0 Å². The Bertz CT molecular complexity index is 620. The second kappa shape index (κ2) is 6.24. The lowest BCUT2D eigenvalue weighted by atomic mass is 9.65. The molecule has 0 aromatic heterocycles. The molecule has 3 saturated heterocycles. The van der Waals surface area contributed by atoms with Gasteiger partial charge in [-0.3, -0.25) is 14.4 Å². The Morgan fingerprint density at radius 3 is 1.96 bits per heavy atom. The van der Waals surface area contributed by atoms with E-state index in [1.54, 1.807) is 13.8 Å². The number of nitrogens with zero attached hydrogens (tertiary/aromatic N) is 3. The van der Waals surface area contributed by atoms with Crippen LogP contribution in [-0.2, 0) is 14.4 Å². The minimum absolute atomic E-state index is 0.0873. The highest BCUT2D eigenvalue weighted by Crippen LogP contribution is 2.62. The van der Waals surface area contributed by atoms with Crippen LogP contribution >= 0.6 is 0 Å². The van der Waals surface area contributed by atoms with E-state index in [4.69, 9.17) is 0 Å². The zero-order valence-corrected chi connectivity index (χ0v) is 16.1. The molecule has 6 nitrogen and oxygen atoms in total. The summed E-state index contributed by atoms with van der Waals surface area (Å²) in [6.45, 7) is 7.91. The highest BCUT2D eigenvalue weighted by molar-refractivity contribution is 5.86. The fraction of sp³-hybridized carbons (Fsp3) is 0.850. The number of carbonyl (C=O) groups is 3. The van der Waals surface area contributed by atoms with E-state index in [0.29, 0.717) is 12.5 Å². The first-order chi connectivity index (χ1) is 12.4. The summed E-state index contributed by atoms with van der Waals surface area (Å²) in [5, 5.41) is 0. The molecule has 0 N–H and O–H groups in total. The summed E-state index contributed by atoms with van der Waals surface area (Å²) in [6.07, 6.45) is 6.10. The van der Waals surface area contributed by atoms with Gasteiger partial charge in [-0.2, -0.15) is 0 Å². The molecule has 4 fully saturated rings. The summed E-state index contributed by atoms with van der Waals surface area (Å²) in [5.74, 6) is 0.786. The molecule has 1 spiro atoms. The van der Waals surface area contributed by atoms with Gasteiger partial charge in [-0.15, -0.1) is 0 Å². The monoisotopic (exact) mass is 361 g/mol. The lowest BCUT2D eigenvalue weighted by Crippen LogP contribution is -2.50. The molecule has 4 rings (SSSR count). The molecule has 0 unspecified atom stereocenters. The van der Waals surface area contributed by atoms with E-state index in [1.807, 2.05) is 9.80 Å². The molecule has 0 radical (unpaired) electrons. The molecular weight excluding hydrogens is 330 g/mol. The van der Waals surface area contributed by atoms with Crippen molar-refractivity contribution in [2.45, 2.75) is 52.4 Å². The highest BCUT2D eigenvalue weighted by atomic mass is 16.2. The summed E-state index contributed by atoms with van der Waals surface area (Å²) in [6, 6.07) is 0. The normalized spacial score (nSPS) is 33.0. The molecule has 1 saturated carbocycles. The zero-order chi connectivity index (χ0) is 18.5. The first kappa shape index (κ1) is 17.8. The van der Waals surface area contributed by atoms with Crippen molar-refractivity contribution < 1.29 is 14.4 Å². The van der Waals surface area contributed by atoms with Crippen LogP contribution in [0.3, 0.4) is 0 Å². The van der Waals surface area contributed by atoms with Crippen LogP contribution in [0, 0.1) is 16.7 Å². The van der Waals surface area contributed by atoms with E-state index in [-0.39, 0.29) is 28.6 Å². The number of rotatable bonds is 1. The second-order valence-corrected chi connectivity index (χ2v) is 8.98. The SMILES string of the molecule is CC(=O)N1CCC2(CC1)CC[C@@]1(C(=O)N3CCCC3)CN(C(C)=O)C[C@@H]21. The Hall–Kier alpha value is -1.59. The fourth-order valence-electron chi connectivity index (χ4n) is 6.25. The molecule has 3 heterocycles. The summed E-state index contributed by atoms with van der Waals surface area (Å²) in [4.78, 5) is 43.3. The number of likely N-dealkylation sites (tertiary alicyclic amines) is 3. The van der Waals surface area contributed by atoms with E-state index in [2.05, 4.69) is 4.90 Å². The number of fused-ring (bicyclic) bond motifs is 2. The van der Waals surface area contributed by atoms with Crippen LogP contribution in [-0.4, -0.2) is 71.7 Å². The molecule has 3 aliphatic heterocycles. The molecule has 1 aliphatic carbocycles. The Kier molecular flexibility index (Phi) is 4.27. The van der Waals surface area contributed by atoms with E-state index < -0.39 is 0 Å². The smallest absolute Gasteiger partial charge is 0.230 e. The van der Waals surface area contributed by atoms with Gasteiger partial charge in [0.15, 0.2) is 0 Å². The number of amides is 3. The van der Waals surface area contributed by atoms with Crippen molar-refractivity contribution in [1.82, 2.24) is 14.7 Å². The summed E-state index contributed by atoms with van der Waals surface area (Å²) >= 11 is 0. The number of hydrogen-bond donors (Lipinski definition) is 0. The molecule has 0 bridgehead atoms. The van der Waals surface area contributed by atoms with Gasteiger partial charge in [0.25, 0.3) is 0 Å². The topological polar surface area (TPSA) is 60.9 Å². The third-order valence-corrected chi connectivity index (χ3v) is 7.82. The predicted octanol–water partition coefficient (Wildman–Crippen LogP) is 1.50. The summed E-state index contributed by atoms with van der Waals surface area (Å²) < 4.78 is 0. The van der Waals surface area contributed by atoms with Gasteiger partial charge in [0.05, 0.1) is 5.41 Å². The van der Waals surface area contributed by atoms with E-state index in [0.717, 1.165) is 71.2 Å². The number of hydrogen-bond acceptors (Lipinski definition) is 3. The molecule has 2 atom stereocenters. The van der Waals surface area contributed by atoms with E-state index in [9.17, 15) is 14.4 Å². The van der Waals surface area contributed by atoms with Crippen molar-refractivity contribution in [1.29, 1.82) is 0 Å². The minimum Gasteiger partial charge on any atom is -0.343 e. The molecule has 0 aromatic rings. The molecule has 4 aliphatic rings. The van der Waals surface area contributed by atoms with Gasteiger partial charge >= 0.3 is 0 Å². The average molecular weight is 361 g/mol. The lowest BCUT2D eigenvalue weighted by molar-refractivity contribution is -0.143. The van der Waals surface area contributed by atoms with Crippen molar-refractivity contribution in [3.63, 3.8) is 0 Å². The lowest BCUT2D eigenvalue weighted by Gasteiger charge is -2.44. The first-order valence-corrected chi connectivity index (χ1v) is 10.2. The molecule has 26 heavy (non-hydrogen) atoms. The standard InChI is InChI=1S/C20H31N3O3/c1-15(24)21-11-7-19(8-12-21)5-6-20(18(26)22-9-3-4-10-22)14-23(16(2)25)13-17(19)20/h17H,3-14H2,1-2H3/t17-,20+/m0/s1. The van der Waals surface area contributed by atoms with Crippen molar-refractivity contribution in [3.05, 3.63) is 0 Å². The molecule has 3 amide bonds. The van der Waals surface area contributed by atoms with Gasteiger partial charge in [-0.25, -0.2) is 0 Å². The summed E-state index contributed by atoms with van der Waals surface area (Å²) in [7, 11) is 0. The van der Waals surface area contributed by atoms with Gasteiger partial charge in [-0.1, -0.05) is 0 Å². The largest absolute Gasteiger partial charge is 0.343 e. The van der Waals surface area contributed by atoms with Crippen LogP contribution in [0.25, 0.3) is 0 Å². The van der Waals surface area contributed by atoms with Gasteiger partial charge in [0.1, 0.15) is 0 Å². The van der Waals surface area contributed by atoms with Gasteiger partial charge in [0.2, 0.25) is 17.7 Å². The predicted molar refractivity (Wildman–Crippen MR) is 97.1 cm³/mol. The second-order valence-electron chi connectivity index (χ2n) is 8.98. The maximum Gasteiger partial charge on any atom is 0.230 e. The van der Waals surface area contributed by atoms with Crippen molar-refractivity contribution in [2.75, 3.05) is 39.3 Å². The van der Waals surface area contributed by atoms with E-state index in [1.165, 1.54) is 0 Å². The third kappa shape index (κ3) is 2.55. The van der Waals surface area contributed by atoms with Gasteiger partial charge in [0, 0.05) is 53.1 Å². The Balaban J connectivity index is 1.61. The number of piperidine rings is 1. The third-order valence-electron chi connectivity index (χ3n) is 7.82. The molecule has 144 valence electrons. The van der Waals surface area contributed by atoms with Crippen LogP contribution in [0.15, 0.2) is 0 Å². The van der Waals surface area contributed by atoms with Gasteiger partial charge in [-0.05, 0) is 49.9 Å². The molecule has 0 aromatic carbocycles. The summed E-state index contributed by atoms with van der Waals surface area (Å²) in [5.41, 5.74) is -0.264. The van der Waals surface area contributed by atoms with Crippen LogP contribution in [0.5, 0.6) is 0 Å². The Morgan fingerprint density at radius 2 is 1.38 bits per heavy atom. The van der Waals surface area contributed by atoms with Crippen molar-refractivity contribution >= 4 is 17.7 Å². The highest BCUT2D eigenvalue weighted by Gasteiger charge is 2.65. The first-order valence-electron chi connectivity index (χ1n) is 10.2. The maximum absolute atomic E-state index is 13.5. The maximum atomic E-state index is 13.5. The van der Waals surface area contributed by atoms with Crippen LogP contribution in [0.1, 0.15) is 52.4 Å². The Labute approximate surface area is 155 Å². The van der Waals surface area contributed by atoms with Crippen LogP contribution < -0.4 is 0 Å². The van der Waals surface area contributed by atoms with Crippen molar-refractivity contribution in [2.24, 2.45) is 16.7 Å². The zero-order valence-electron chi connectivity index (χ0n) is 16.1. The quantitative estimate of drug-likeness (QED) is 0.711. The van der Waals surface area contributed by atoms with Crippen molar-refractivity contribution in [3.8, 4) is 0 Å². The Morgan fingerprint density at radius 1 is 0.769 bits per heavy atom. The average Bonchev–Trinajstić information content (AvgIpc) is 3.32. The molecular formula is C20H31N3O3. The van der Waals surface area contributed by atoms with Crippen LogP contribution in [0.2, 0.25) is 0 Å². The minimum atomic E-state index is -0.381. The van der Waals surface area contributed by atoms with E-state index >= 15 is 0 Å². The fourth-order valence-corrected chi connectivity index (χ4v) is 6.25.